The number of likely N-dealkylation sites (N-methyl/N-ethyl adjacent to an activating group) is 1. The van der Waals surface area contributed by atoms with Gasteiger partial charge in [-0.1, -0.05) is 5.16 Å². The summed E-state index contributed by atoms with van der Waals surface area (Å²) in [5.41, 5.74) is 0. The van der Waals surface area contributed by atoms with Crippen molar-refractivity contribution in [3.63, 3.8) is 0 Å². The van der Waals surface area contributed by atoms with E-state index in [4.69, 9.17) is 8.94 Å². The number of rotatable bonds is 6. The van der Waals surface area contributed by atoms with Gasteiger partial charge in [-0.3, -0.25) is 9.80 Å². The second-order valence-corrected chi connectivity index (χ2v) is 7.16. The van der Waals surface area contributed by atoms with Gasteiger partial charge in [0.25, 0.3) is 0 Å². The lowest BCUT2D eigenvalue weighted by atomic mass is 10.2. The molecule has 2 aliphatic rings. The SMILES string of the molecule is Cc1cnc(CN(C)C2CCN(C(C)c3nc(C4CC4)no3)C2)o1. The maximum Gasteiger partial charge on any atom is 0.243 e. The number of nitrogens with zero attached hydrogens (tertiary/aromatic N) is 5. The molecule has 4 rings (SSSR count). The van der Waals surface area contributed by atoms with Crippen LogP contribution in [0.3, 0.4) is 0 Å². The van der Waals surface area contributed by atoms with Crippen LogP contribution in [-0.4, -0.2) is 51.1 Å². The highest BCUT2D eigenvalue weighted by atomic mass is 16.5. The lowest BCUT2D eigenvalue weighted by Crippen LogP contribution is -2.35. The molecule has 0 N–H and O–H groups in total. The molecule has 2 aromatic heterocycles. The largest absolute Gasteiger partial charge is 0.445 e. The molecule has 130 valence electrons. The number of aryl methyl sites for hydroxylation is 1. The maximum absolute atomic E-state index is 5.59. The number of oxazole rings is 1. The van der Waals surface area contributed by atoms with E-state index in [1.54, 1.807) is 6.20 Å². The van der Waals surface area contributed by atoms with Crippen LogP contribution in [0.4, 0.5) is 0 Å². The van der Waals surface area contributed by atoms with Crippen LogP contribution < -0.4 is 0 Å². The standard InChI is InChI=1S/C17H25N5O2/c1-11-8-18-15(23-11)10-21(3)14-6-7-22(9-14)12(2)17-19-16(20-24-17)13-4-5-13/h8,12-14H,4-7,9-10H2,1-3H3. The highest BCUT2D eigenvalue weighted by molar-refractivity contribution is 5.05. The van der Waals surface area contributed by atoms with E-state index in [1.807, 2.05) is 6.92 Å². The molecule has 0 aromatic carbocycles. The van der Waals surface area contributed by atoms with Crippen molar-refractivity contribution >= 4 is 0 Å². The molecule has 2 atom stereocenters. The van der Waals surface area contributed by atoms with Crippen LogP contribution in [0.5, 0.6) is 0 Å². The van der Waals surface area contributed by atoms with E-state index in [-0.39, 0.29) is 6.04 Å². The summed E-state index contributed by atoms with van der Waals surface area (Å²) < 4.78 is 11.1. The predicted molar refractivity (Wildman–Crippen MR) is 87.4 cm³/mol. The summed E-state index contributed by atoms with van der Waals surface area (Å²) in [6.07, 6.45) is 5.30. The van der Waals surface area contributed by atoms with Crippen molar-refractivity contribution in [3.8, 4) is 0 Å². The van der Waals surface area contributed by atoms with Gasteiger partial charge in [0.05, 0.1) is 18.8 Å². The molecule has 2 aromatic rings. The molecule has 2 fully saturated rings. The topological polar surface area (TPSA) is 71.4 Å². The van der Waals surface area contributed by atoms with Gasteiger partial charge in [0.15, 0.2) is 5.82 Å². The summed E-state index contributed by atoms with van der Waals surface area (Å²) in [6, 6.07) is 0.665. The molecule has 0 bridgehead atoms. The van der Waals surface area contributed by atoms with Crippen LogP contribution in [0.25, 0.3) is 0 Å². The average Bonchev–Trinajstić information content (AvgIpc) is 3.00. The smallest absolute Gasteiger partial charge is 0.243 e. The van der Waals surface area contributed by atoms with E-state index in [0.717, 1.165) is 49.4 Å². The monoisotopic (exact) mass is 331 g/mol. The molecule has 7 heteroatoms. The van der Waals surface area contributed by atoms with Crippen molar-refractivity contribution < 1.29 is 8.94 Å². The van der Waals surface area contributed by atoms with Gasteiger partial charge in [-0.25, -0.2) is 4.98 Å². The van der Waals surface area contributed by atoms with Crippen molar-refractivity contribution in [2.24, 2.45) is 0 Å². The van der Waals surface area contributed by atoms with Crippen LogP contribution >= 0.6 is 0 Å². The van der Waals surface area contributed by atoms with Gasteiger partial charge >= 0.3 is 0 Å². The lowest BCUT2D eigenvalue weighted by Gasteiger charge is -2.25. The minimum atomic E-state index is 0.174. The quantitative estimate of drug-likeness (QED) is 0.805. The minimum Gasteiger partial charge on any atom is -0.445 e. The van der Waals surface area contributed by atoms with Crippen molar-refractivity contribution in [2.75, 3.05) is 20.1 Å². The lowest BCUT2D eigenvalue weighted by molar-refractivity contribution is 0.173. The molecule has 1 aliphatic carbocycles. The van der Waals surface area contributed by atoms with Crippen molar-refractivity contribution in [1.29, 1.82) is 0 Å². The van der Waals surface area contributed by atoms with Crippen LogP contribution in [0.15, 0.2) is 15.1 Å². The molecular weight excluding hydrogens is 306 g/mol. The fraction of sp³-hybridized carbons (Fsp3) is 0.706. The second-order valence-electron chi connectivity index (χ2n) is 7.16. The second kappa shape index (κ2) is 6.29. The first-order valence-corrected chi connectivity index (χ1v) is 8.79. The van der Waals surface area contributed by atoms with E-state index in [1.165, 1.54) is 12.8 Å². The van der Waals surface area contributed by atoms with Crippen molar-refractivity contribution in [3.05, 3.63) is 29.6 Å². The third-order valence-electron chi connectivity index (χ3n) is 5.18. The molecule has 0 spiro atoms. The molecule has 0 amide bonds. The third-order valence-corrected chi connectivity index (χ3v) is 5.18. The Bertz CT molecular complexity index is 693. The van der Waals surface area contributed by atoms with Crippen LogP contribution in [-0.2, 0) is 6.54 Å². The first-order valence-electron chi connectivity index (χ1n) is 8.79. The molecule has 1 saturated heterocycles. The number of aromatic nitrogens is 3. The first kappa shape index (κ1) is 15.8. The molecule has 7 nitrogen and oxygen atoms in total. The van der Waals surface area contributed by atoms with Gasteiger partial charge in [-0.2, -0.15) is 4.98 Å². The zero-order valence-electron chi connectivity index (χ0n) is 14.6. The van der Waals surface area contributed by atoms with Gasteiger partial charge < -0.3 is 8.94 Å². The van der Waals surface area contributed by atoms with Crippen LogP contribution in [0.1, 0.15) is 61.5 Å². The Morgan fingerprint density at radius 3 is 2.92 bits per heavy atom. The van der Waals surface area contributed by atoms with Gasteiger partial charge in [0, 0.05) is 25.0 Å². The summed E-state index contributed by atoms with van der Waals surface area (Å²) in [6.45, 7) is 6.87. The van der Waals surface area contributed by atoms with E-state index < -0.39 is 0 Å². The number of likely N-dealkylation sites (tertiary alicyclic amines) is 1. The van der Waals surface area contributed by atoms with Gasteiger partial charge in [-0.05, 0) is 40.2 Å². The highest BCUT2D eigenvalue weighted by Crippen LogP contribution is 2.38. The Morgan fingerprint density at radius 1 is 1.38 bits per heavy atom. The van der Waals surface area contributed by atoms with Crippen LogP contribution in [0, 0.1) is 6.92 Å². The highest BCUT2D eigenvalue weighted by Gasteiger charge is 2.34. The molecule has 1 saturated carbocycles. The summed E-state index contributed by atoms with van der Waals surface area (Å²) >= 11 is 0. The van der Waals surface area contributed by atoms with E-state index in [9.17, 15) is 0 Å². The Morgan fingerprint density at radius 2 is 2.21 bits per heavy atom. The van der Waals surface area contributed by atoms with Gasteiger partial charge in [0.1, 0.15) is 5.76 Å². The fourth-order valence-electron chi connectivity index (χ4n) is 3.38. The molecule has 2 unspecified atom stereocenters. The zero-order valence-corrected chi connectivity index (χ0v) is 14.6. The summed E-state index contributed by atoms with van der Waals surface area (Å²) in [5, 5.41) is 4.14. The maximum atomic E-state index is 5.59. The van der Waals surface area contributed by atoms with E-state index in [2.05, 4.69) is 38.9 Å². The van der Waals surface area contributed by atoms with Gasteiger partial charge in [-0.15, -0.1) is 0 Å². The molecule has 1 aliphatic heterocycles. The molecule has 3 heterocycles. The fourth-order valence-corrected chi connectivity index (χ4v) is 3.38. The summed E-state index contributed by atoms with van der Waals surface area (Å²) in [4.78, 5) is 13.6. The number of hydrogen-bond donors (Lipinski definition) is 0. The molecular formula is C17H25N5O2. The Labute approximate surface area is 142 Å². The normalized spacial score (nSPS) is 23.2. The van der Waals surface area contributed by atoms with E-state index >= 15 is 0 Å². The van der Waals surface area contributed by atoms with Crippen molar-refractivity contribution in [1.82, 2.24) is 24.9 Å². The first-order chi connectivity index (χ1) is 11.6. The third kappa shape index (κ3) is 3.23. The summed E-state index contributed by atoms with van der Waals surface area (Å²) in [7, 11) is 2.14. The Hall–Kier alpha value is -1.73. The summed E-state index contributed by atoms with van der Waals surface area (Å²) in [5.74, 6) is 3.83. The Balaban J connectivity index is 1.34. The Kier molecular flexibility index (Phi) is 4.14. The molecule has 0 radical (unpaired) electrons. The number of hydrogen-bond acceptors (Lipinski definition) is 7. The zero-order chi connectivity index (χ0) is 16.7. The van der Waals surface area contributed by atoms with Gasteiger partial charge in [0.2, 0.25) is 11.8 Å². The molecule has 24 heavy (non-hydrogen) atoms. The van der Waals surface area contributed by atoms with Crippen molar-refractivity contribution in [2.45, 2.75) is 57.7 Å². The van der Waals surface area contributed by atoms with Crippen LogP contribution in [0.2, 0.25) is 0 Å². The minimum absolute atomic E-state index is 0.174. The van der Waals surface area contributed by atoms with E-state index in [0.29, 0.717) is 12.0 Å². The predicted octanol–water partition coefficient (Wildman–Crippen LogP) is 2.51. The average molecular weight is 331 g/mol.